The van der Waals surface area contributed by atoms with E-state index in [4.69, 9.17) is 21.1 Å². The minimum absolute atomic E-state index is 0.00694. The number of carbonyl (C=O) groups excluding carboxylic acids is 1. The lowest BCUT2D eigenvalue weighted by Gasteiger charge is -2.16. The van der Waals surface area contributed by atoms with Crippen LogP contribution in [0.4, 0.5) is 5.82 Å². The Balaban J connectivity index is 1.77. The SMILES string of the molecule is CCCc1cc(C(=O)OC)ccc1Oc1c(Cl)nc(-c2ncccn2)nc1NS(=O)(=O)/C=C/c1ccccc1. The molecule has 0 aliphatic rings. The van der Waals surface area contributed by atoms with E-state index in [1.54, 1.807) is 42.5 Å². The molecular formula is C27H24ClN5O5S. The van der Waals surface area contributed by atoms with Crippen molar-refractivity contribution in [1.82, 2.24) is 19.9 Å². The van der Waals surface area contributed by atoms with E-state index in [-0.39, 0.29) is 28.4 Å². The highest BCUT2D eigenvalue weighted by Crippen LogP contribution is 2.38. The summed E-state index contributed by atoms with van der Waals surface area (Å²) in [5.41, 5.74) is 1.72. The molecule has 39 heavy (non-hydrogen) atoms. The van der Waals surface area contributed by atoms with Crippen LogP contribution in [-0.4, -0.2) is 41.4 Å². The summed E-state index contributed by atoms with van der Waals surface area (Å²) in [6, 6.07) is 15.3. The van der Waals surface area contributed by atoms with Crippen LogP contribution >= 0.6 is 11.6 Å². The normalized spacial score (nSPS) is 11.4. The van der Waals surface area contributed by atoms with E-state index in [2.05, 4.69) is 24.7 Å². The second-order valence-electron chi connectivity index (χ2n) is 8.11. The number of ether oxygens (including phenoxy) is 2. The average molecular weight is 566 g/mol. The molecule has 0 saturated carbocycles. The molecule has 200 valence electrons. The number of nitrogens with zero attached hydrogens (tertiary/aromatic N) is 4. The van der Waals surface area contributed by atoms with Crippen LogP contribution in [-0.2, 0) is 21.2 Å². The summed E-state index contributed by atoms with van der Waals surface area (Å²) in [4.78, 5) is 28.8. The molecule has 0 fully saturated rings. The molecule has 12 heteroatoms. The molecule has 10 nitrogen and oxygen atoms in total. The average Bonchev–Trinajstić information content (AvgIpc) is 2.95. The third-order valence-electron chi connectivity index (χ3n) is 5.28. The zero-order valence-electron chi connectivity index (χ0n) is 21.0. The van der Waals surface area contributed by atoms with Gasteiger partial charge in [0.2, 0.25) is 11.6 Å². The van der Waals surface area contributed by atoms with Gasteiger partial charge < -0.3 is 9.47 Å². The quantitative estimate of drug-likeness (QED) is 0.194. The van der Waals surface area contributed by atoms with Crippen molar-refractivity contribution < 1.29 is 22.7 Å². The van der Waals surface area contributed by atoms with Gasteiger partial charge in [-0.15, -0.1) is 0 Å². The van der Waals surface area contributed by atoms with Gasteiger partial charge in [-0.1, -0.05) is 55.3 Å². The van der Waals surface area contributed by atoms with Crippen molar-refractivity contribution in [2.75, 3.05) is 11.8 Å². The van der Waals surface area contributed by atoms with Gasteiger partial charge >= 0.3 is 5.97 Å². The van der Waals surface area contributed by atoms with Crippen LogP contribution in [0.5, 0.6) is 11.5 Å². The van der Waals surface area contributed by atoms with Crippen molar-refractivity contribution in [3.8, 4) is 23.1 Å². The molecule has 0 amide bonds. The fourth-order valence-corrected chi connectivity index (χ4v) is 4.52. The lowest BCUT2D eigenvalue weighted by Crippen LogP contribution is -2.13. The minimum Gasteiger partial charge on any atom is -0.465 e. The third-order valence-corrected chi connectivity index (χ3v) is 6.51. The first-order valence-electron chi connectivity index (χ1n) is 11.8. The monoisotopic (exact) mass is 565 g/mol. The van der Waals surface area contributed by atoms with Crippen LogP contribution in [0, 0.1) is 0 Å². The first-order chi connectivity index (χ1) is 18.8. The minimum atomic E-state index is -4.07. The molecule has 0 bridgehead atoms. The number of halogens is 1. The predicted molar refractivity (Wildman–Crippen MR) is 148 cm³/mol. The topological polar surface area (TPSA) is 133 Å². The second kappa shape index (κ2) is 12.5. The Morgan fingerprint density at radius 2 is 1.77 bits per heavy atom. The third kappa shape index (κ3) is 7.15. The summed E-state index contributed by atoms with van der Waals surface area (Å²) in [7, 11) is -2.77. The zero-order valence-corrected chi connectivity index (χ0v) is 22.6. The van der Waals surface area contributed by atoms with Crippen molar-refractivity contribution in [2.45, 2.75) is 19.8 Å². The number of sulfonamides is 1. The summed E-state index contributed by atoms with van der Waals surface area (Å²) in [5, 5.41) is 0.839. The Morgan fingerprint density at radius 3 is 2.46 bits per heavy atom. The maximum atomic E-state index is 13.0. The Hall–Kier alpha value is -4.35. The van der Waals surface area contributed by atoms with Gasteiger partial charge in [0.05, 0.1) is 18.1 Å². The van der Waals surface area contributed by atoms with Gasteiger partial charge in [-0.2, -0.15) is 0 Å². The lowest BCUT2D eigenvalue weighted by atomic mass is 10.1. The largest absolute Gasteiger partial charge is 0.465 e. The molecule has 4 rings (SSSR count). The van der Waals surface area contributed by atoms with E-state index in [9.17, 15) is 13.2 Å². The smallest absolute Gasteiger partial charge is 0.337 e. The van der Waals surface area contributed by atoms with Gasteiger partial charge in [0, 0.05) is 12.4 Å². The molecule has 0 unspecified atom stereocenters. The fraction of sp³-hybridized carbons (Fsp3) is 0.148. The number of esters is 1. The number of nitrogens with one attached hydrogen (secondary N) is 1. The van der Waals surface area contributed by atoms with Crippen molar-refractivity contribution in [3.63, 3.8) is 0 Å². The van der Waals surface area contributed by atoms with E-state index >= 15 is 0 Å². The van der Waals surface area contributed by atoms with E-state index in [0.29, 0.717) is 28.9 Å². The molecule has 0 aliphatic carbocycles. The summed E-state index contributed by atoms with van der Waals surface area (Å²) in [6.07, 6.45) is 5.75. The Bertz CT molecular complexity index is 1600. The number of aryl methyl sites for hydroxylation is 1. The van der Waals surface area contributed by atoms with Crippen LogP contribution in [0.3, 0.4) is 0 Å². The number of rotatable bonds is 10. The van der Waals surface area contributed by atoms with Crippen molar-refractivity contribution in [1.29, 1.82) is 0 Å². The molecule has 0 atom stereocenters. The Labute approximate surface area is 230 Å². The van der Waals surface area contributed by atoms with E-state index < -0.39 is 16.0 Å². The van der Waals surface area contributed by atoms with Crippen LogP contribution in [0.15, 0.2) is 72.4 Å². The number of aromatic nitrogens is 4. The predicted octanol–water partition coefficient (Wildman–Crippen LogP) is 5.53. The molecule has 0 saturated heterocycles. The summed E-state index contributed by atoms with van der Waals surface area (Å²) in [6.45, 7) is 1.97. The Morgan fingerprint density at radius 1 is 1.03 bits per heavy atom. The van der Waals surface area contributed by atoms with Gasteiger partial charge in [-0.3, -0.25) is 4.72 Å². The zero-order chi connectivity index (χ0) is 27.8. The highest BCUT2D eigenvalue weighted by atomic mass is 35.5. The van der Waals surface area contributed by atoms with Gasteiger partial charge in [0.25, 0.3) is 10.0 Å². The molecule has 4 aromatic rings. The summed E-state index contributed by atoms with van der Waals surface area (Å²) < 4.78 is 39.4. The van der Waals surface area contributed by atoms with Gasteiger partial charge in [0.1, 0.15) is 5.75 Å². The van der Waals surface area contributed by atoms with Crippen LogP contribution in [0.25, 0.3) is 17.7 Å². The molecular weight excluding hydrogens is 542 g/mol. The fourth-order valence-electron chi connectivity index (χ4n) is 3.50. The van der Waals surface area contributed by atoms with E-state index in [1.807, 2.05) is 13.0 Å². The van der Waals surface area contributed by atoms with Crippen LogP contribution in [0.2, 0.25) is 5.15 Å². The molecule has 0 spiro atoms. The first kappa shape index (κ1) is 27.7. The van der Waals surface area contributed by atoms with Gasteiger partial charge in [0.15, 0.2) is 16.8 Å². The maximum absolute atomic E-state index is 13.0. The summed E-state index contributed by atoms with van der Waals surface area (Å²) in [5.74, 6) is -0.358. The van der Waals surface area contributed by atoms with Crippen molar-refractivity contribution in [3.05, 3.63) is 94.2 Å². The number of benzene rings is 2. The number of anilines is 1. The molecule has 2 heterocycles. The summed E-state index contributed by atoms with van der Waals surface area (Å²) >= 11 is 6.51. The first-order valence-corrected chi connectivity index (χ1v) is 13.7. The van der Waals surface area contributed by atoms with Crippen molar-refractivity contribution >= 4 is 39.5 Å². The molecule has 0 aliphatic heterocycles. The standard InChI is InChI=1S/C27H24ClN5O5S/c1-3-8-19-17-20(27(34)37-2)11-12-21(19)38-22-23(28)31-26(25-29-14-7-15-30-25)32-24(22)33-39(35,36)16-13-18-9-5-4-6-10-18/h4-7,9-17H,3,8H2,1-2H3,(H,31,32,33)/b16-13+. The molecule has 1 N–H and O–H groups in total. The molecule has 2 aromatic carbocycles. The number of methoxy groups -OCH3 is 1. The maximum Gasteiger partial charge on any atom is 0.337 e. The molecule has 0 radical (unpaired) electrons. The highest BCUT2D eigenvalue weighted by Gasteiger charge is 2.22. The second-order valence-corrected chi connectivity index (χ2v) is 10.0. The molecule has 2 aromatic heterocycles. The van der Waals surface area contributed by atoms with Crippen molar-refractivity contribution in [2.24, 2.45) is 0 Å². The lowest BCUT2D eigenvalue weighted by molar-refractivity contribution is 0.0600. The number of hydrogen-bond acceptors (Lipinski definition) is 9. The van der Waals surface area contributed by atoms with Crippen LogP contribution in [0.1, 0.15) is 34.8 Å². The highest BCUT2D eigenvalue weighted by molar-refractivity contribution is 7.95. The number of hydrogen-bond donors (Lipinski definition) is 1. The Kier molecular flexibility index (Phi) is 8.84. The van der Waals surface area contributed by atoms with Crippen LogP contribution < -0.4 is 9.46 Å². The van der Waals surface area contributed by atoms with Gasteiger partial charge in [-0.05, 0) is 47.9 Å². The van der Waals surface area contributed by atoms with E-state index in [1.165, 1.54) is 31.6 Å². The van der Waals surface area contributed by atoms with E-state index in [0.717, 1.165) is 11.8 Å². The van der Waals surface area contributed by atoms with Gasteiger partial charge in [-0.25, -0.2) is 33.1 Å². The number of carbonyl (C=O) groups is 1.